The summed E-state index contributed by atoms with van der Waals surface area (Å²) in [7, 11) is -0.755. The molecule has 4 rings (SSSR count). The number of hydrogen-bond acceptors (Lipinski definition) is 10. The highest BCUT2D eigenvalue weighted by atomic mass is 28.4. The van der Waals surface area contributed by atoms with Gasteiger partial charge in [-0.2, -0.15) is 0 Å². The van der Waals surface area contributed by atoms with Gasteiger partial charge in [0.25, 0.3) is 0 Å². The van der Waals surface area contributed by atoms with Gasteiger partial charge in [-0.05, 0) is 130 Å². The van der Waals surface area contributed by atoms with Gasteiger partial charge < -0.3 is 42.0 Å². The highest BCUT2D eigenvalue weighted by Gasteiger charge is 2.49. The van der Waals surface area contributed by atoms with Gasteiger partial charge in [0.15, 0.2) is 16.6 Å². The first-order valence-electron chi connectivity index (χ1n) is 24.2. The average Bonchev–Trinajstić information content (AvgIpc) is 3.72. The Morgan fingerprint density at radius 1 is 0.828 bits per heavy atom. The first kappa shape index (κ1) is 54.7. The molecule has 3 aliphatic rings. The molecule has 1 aromatic carbocycles. The van der Waals surface area contributed by atoms with Crippen molar-refractivity contribution in [2.45, 2.75) is 212 Å². The van der Waals surface area contributed by atoms with Gasteiger partial charge in [0.1, 0.15) is 5.75 Å². The van der Waals surface area contributed by atoms with E-state index in [-0.39, 0.29) is 70.8 Å². The molecule has 64 heavy (non-hydrogen) atoms. The standard InChI is InChI=1S/C52H90O10Si2/c1-35-28-41(25-26-44-36(2)29-40(59-44)20-19-27-57-49(53)50(4,5)6)60-45(37(35)3)31-46-43(34-56-32-38-21-23-39(54-13)24-22-38)48(55-14)47(61-46)30-42(62-64(17,18)52(10,11)12)33-58-63(15,16)51(7,8)9/h21-24,35,40-48H,2-3,19-20,25-34H2,1,4-18H3/t35-,40+,41+,42+,43+,44?,45?,46+,47-,48-/m1/s1. The highest BCUT2D eigenvalue weighted by molar-refractivity contribution is 6.74. The lowest BCUT2D eigenvalue weighted by molar-refractivity contribution is -0.153. The van der Waals surface area contributed by atoms with Crippen LogP contribution in [0, 0.1) is 17.3 Å². The molecule has 0 spiro atoms. The van der Waals surface area contributed by atoms with Gasteiger partial charge in [-0.1, -0.05) is 73.8 Å². The predicted molar refractivity (Wildman–Crippen MR) is 263 cm³/mol. The van der Waals surface area contributed by atoms with E-state index in [1.54, 1.807) is 14.2 Å². The number of hydrogen-bond donors (Lipinski definition) is 0. The minimum absolute atomic E-state index is 0.000307. The molecule has 3 fully saturated rings. The van der Waals surface area contributed by atoms with E-state index in [0.29, 0.717) is 45.2 Å². The van der Waals surface area contributed by atoms with E-state index >= 15 is 0 Å². The molecule has 10 nitrogen and oxygen atoms in total. The van der Waals surface area contributed by atoms with Crippen LogP contribution in [0.2, 0.25) is 36.3 Å². The maximum Gasteiger partial charge on any atom is 0.311 e. The lowest BCUT2D eigenvalue weighted by atomic mass is 9.83. The molecule has 12 heteroatoms. The van der Waals surface area contributed by atoms with Crippen molar-refractivity contribution in [2.75, 3.05) is 34.0 Å². The maximum atomic E-state index is 12.2. The smallest absolute Gasteiger partial charge is 0.311 e. The monoisotopic (exact) mass is 931 g/mol. The lowest BCUT2D eigenvalue weighted by Gasteiger charge is -2.42. The van der Waals surface area contributed by atoms with Crippen molar-refractivity contribution < 1.29 is 46.8 Å². The number of ether oxygens (including phenoxy) is 7. The summed E-state index contributed by atoms with van der Waals surface area (Å²) in [6.45, 7) is 41.7. The van der Waals surface area contributed by atoms with Gasteiger partial charge in [-0.3, -0.25) is 4.79 Å². The molecule has 0 aliphatic carbocycles. The van der Waals surface area contributed by atoms with Gasteiger partial charge in [0.2, 0.25) is 0 Å². The zero-order valence-electron chi connectivity index (χ0n) is 43.1. The number of methoxy groups -OCH3 is 2. The number of benzene rings is 1. The van der Waals surface area contributed by atoms with E-state index in [1.165, 1.54) is 0 Å². The Bertz CT molecular complexity index is 1640. The zero-order valence-corrected chi connectivity index (χ0v) is 45.1. The molecule has 366 valence electrons. The summed E-state index contributed by atoms with van der Waals surface area (Å²) in [4.78, 5) is 12.2. The SMILES string of the molecule is C=C1C[C@H](CCCOC(=O)C(C)(C)C)OC1CC[C@H]1C[C@@H](C)C(=C)C(C[C@@H]2O[C@H](C[C@@H](CO[Si](C)(C)C(C)(C)C)O[Si](C)(C)C(C)(C)C)[C@H](OC)[C@H]2COCc2ccc(OC)cc2)O1. The Morgan fingerprint density at radius 2 is 1.47 bits per heavy atom. The fourth-order valence-electron chi connectivity index (χ4n) is 8.51. The van der Waals surface area contributed by atoms with Crippen LogP contribution in [0.3, 0.4) is 0 Å². The summed E-state index contributed by atoms with van der Waals surface area (Å²) in [5.41, 5.74) is 2.84. The summed E-state index contributed by atoms with van der Waals surface area (Å²) in [5, 5.41) is 0.113. The van der Waals surface area contributed by atoms with Crippen molar-refractivity contribution in [1.82, 2.24) is 0 Å². The van der Waals surface area contributed by atoms with Crippen LogP contribution in [0.15, 0.2) is 48.6 Å². The highest BCUT2D eigenvalue weighted by Crippen LogP contribution is 2.43. The predicted octanol–water partition coefficient (Wildman–Crippen LogP) is 12.0. The molecule has 2 unspecified atom stereocenters. The molecule has 0 N–H and O–H groups in total. The van der Waals surface area contributed by atoms with Crippen LogP contribution in [-0.4, -0.2) is 105 Å². The molecule has 0 radical (unpaired) electrons. The summed E-state index contributed by atoms with van der Waals surface area (Å²) in [5.74, 6) is 0.911. The third kappa shape index (κ3) is 15.3. The Kier molecular flexibility index (Phi) is 19.6. The molecule has 0 aromatic heterocycles. The van der Waals surface area contributed by atoms with E-state index in [9.17, 15) is 4.79 Å². The third-order valence-electron chi connectivity index (χ3n) is 14.9. The van der Waals surface area contributed by atoms with Gasteiger partial charge in [0.05, 0.1) is 87.8 Å². The van der Waals surface area contributed by atoms with Gasteiger partial charge in [-0.15, -0.1) is 0 Å². The summed E-state index contributed by atoms with van der Waals surface area (Å²) >= 11 is 0. The Morgan fingerprint density at radius 3 is 2.06 bits per heavy atom. The first-order chi connectivity index (χ1) is 29.7. The average molecular weight is 931 g/mol. The maximum absolute atomic E-state index is 12.2. The van der Waals surface area contributed by atoms with Crippen LogP contribution in [0.4, 0.5) is 0 Å². The quantitative estimate of drug-likeness (QED) is 0.0484. The molecule has 10 atom stereocenters. The molecular weight excluding hydrogens is 841 g/mol. The van der Waals surface area contributed by atoms with Crippen molar-refractivity contribution >= 4 is 22.6 Å². The van der Waals surface area contributed by atoms with Crippen molar-refractivity contribution in [3.63, 3.8) is 0 Å². The number of esters is 1. The molecule has 0 saturated carbocycles. The van der Waals surface area contributed by atoms with E-state index in [4.69, 9.17) is 42.0 Å². The summed E-state index contributed by atoms with van der Waals surface area (Å²) < 4.78 is 58.6. The van der Waals surface area contributed by atoms with Crippen LogP contribution < -0.4 is 4.74 Å². The molecule has 3 saturated heterocycles. The lowest BCUT2D eigenvalue weighted by Crippen LogP contribution is -2.49. The second kappa shape index (κ2) is 22.9. The summed E-state index contributed by atoms with van der Waals surface area (Å²) in [6.07, 6.45) is 5.63. The summed E-state index contributed by atoms with van der Waals surface area (Å²) in [6, 6.07) is 8.03. The van der Waals surface area contributed by atoms with E-state index in [0.717, 1.165) is 61.0 Å². The van der Waals surface area contributed by atoms with Crippen molar-refractivity contribution in [1.29, 1.82) is 0 Å². The Hall–Kier alpha value is -1.88. The number of carbonyl (C=O) groups excluding carboxylic acids is 1. The number of rotatable bonds is 22. The fourth-order valence-corrected chi connectivity index (χ4v) is 10.9. The Labute approximate surface area is 391 Å². The normalized spacial score (nSPS) is 27.8. The third-order valence-corrected chi connectivity index (χ3v) is 23.9. The van der Waals surface area contributed by atoms with Crippen molar-refractivity contribution in [2.24, 2.45) is 17.3 Å². The molecule has 0 bridgehead atoms. The first-order valence-corrected chi connectivity index (χ1v) is 30.0. The molecule has 0 amide bonds. The molecule has 3 aliphatic heterocycles. The second-order valence-electron chi connectivity index (χ2n) is 23.2. The zero-order chi connectivity index (χ0) is 47.8. The van der Waals surface area contributed by atoms with Gasteiger partial charge in [-0.25, -0.2) is 0 Å². The topological polar surface area (TPSA) is 100 Å². The molecular formula is C52H90O10Si2. The second-order valence-corrected chi connectivity index (χ2v) is 32.7. The van der Waals surface area contributed by atoms with Gasteiger partial charge in [0, 0.05) is 25.9 Å². The molecule has 1 aromatic rings. The van der Waals surface area contributed by atoms with Crippen LogP contribution >= 0.6 is 0 Å². The minimum atomic E-state index is -2.17. The van der Waals surface area contributed by atoms with Crippen LogP contribution in [0.1, 0.15) is 126 Å². The van der Waals surface area contributed by atoms with Gasteiger partial charge >= 0.3 is 5.97 Å². The Balaban J connectivity index is 1.48. The van der Waals surface area contributed by atoms with Crippen molar-refractivity contribution in [3.05, 3.63) is 54.1 Å². The van der Waals surface area contributed by atoms with E-state index in [2.05, 4.69) is 87.8 Å². The van der Waals surface area contributed by atoms with Crippen LogP contribution in [-0.2, 0) is 48.7 Å². The number of carbonyl (C=O) groups is 1. The van der Waals surface area contributed by atoms with E-state index < -0.39 is 22.0 Å². The van der Waals surface area contributed by atoms with Crippen LogP contribution in [0.5, 0.6) is 5.75 Å². The van der Waals surface area contributed by atoms with E-state index in [1.807, 2.05) is 45.0 Å². The van der Waals surface area contributed by atoms with Crippen LogP contribution in [0.25, 0.3) is 0 Å². The fraction of sp³-hybridized carbons (Fsp3) is 0.788. The molecule has 3 heterocycles. The minimum Gasteiger partial charge on any atom is -0.497 e. The van der Waals surface area contributed by atoms with Crippen molar-refractivity contribution in [3.8, 4) is 5.75 Å². The largest absolute Gasteiger partial charge is 0.497 e.